The molecule has 7 heteroatoms. The minimum atomic E-state index is -0.538. The van der Waals surface area contributed by atoms with Crippen molar-refractivity contribution in [2.24, 2.45) is 0 Å². The molecule has 2 amide bonds. The quantitative estimate of drug-likeness (QED) is 0.428. The fourth-order valence-corrected chi connectivity index (χ4v) is 4.87. The van der Waals surface area contributed by atoms with Gasteiger partial charge >= 0.3 is 0 Å². The second-order valence-corrected chi connectivity index (χ2v) is 10.3. The summed E-state index contributed by atoms with van der Waals surface area (Å²) in [5.41, 5.74) is 0.991. The Hall–Kier alpha value is -1.50. The maximum absolute atomic E-state index is 13.2. The summed E-state index contributed by atoms with van der Waals surface area (Å²) in [5, 5.41) is 3.83. The van der Waals surface area contributed by atoms with Gasteiger partial charge in [0.2, 0.25) is 11.8 Å². The lowest BCUT2D eigenvalue weighted by Crippen LogP contribution is -2.50. The van der Waals surface area contributed by atoms with Crippen LogP contribution in [0.2, 0.25) is 5.02 Å². The Morgan fingerprint density at radius 3 is 2.39 bits per heavy atom. The van der Waals surface area contributed by atoms with Gasteiger partial charge in [0.05, 0.1) is 5.75 Å². The first kappa shape index (κ1) is 24.1. The van der Waals surface area contributed by atoms with Gasteiger partial charge in [-0.05, 0) is 61.7 Å². The number of halogens is 2. The molecule has 0 aliphatic heterocycles. The maximum Gasteiger partial charge on any atom is 0.242 e. The van der Waals surface area contributed by atoms with E-state index in [1.54, 1.807) is 4.90 Å². The van der Waals surface area contributed by atoms with Crippen molar-refractivity contribution < 1.29 is 9.59 Å². The molecule has 4 nitrogen and oxygen atoms in total. The Labute approximate surface area is 202 Å². The largest absolute Gasteiger partial charge is 0.352 e. The highest BCUT2D eigenvalue weighted by molar-refractivity contribution is 9.10. The van der Waals surface area contributed by atoms with Crippen LogP contribution in [-0.2, 0) is 16.1 Å². The first-order valence-electron chi connectivity index (χ1n) is 10.6. The summed E-state index contributed by atoms with van der Waals surface area (Å²) in [6.45, 7) is 2.22. The lowest BCUT2D eigenvalue weighted by atomic mass is 9.95. The molecule has 0 aromatic heterocycles. The van der Waals surface area contributed by atoms with E-state index in [1.165, 1.54) is 18.2 Å². The highest BCUT2D eigenvalue weighted by Crippen LogP contribution is 2.23. The normalized spacial score (nSPS) is 15.3. The van der Waals surface area contributed by atoms with Crippen LogP contribution in [0.3, 0.4) is 0 Å². The summed E-state index contributed by atoms with van der Waals surface area (Å²) < 4.78 is 0.982. The van der Waals surface area contributed by atoms with Gasteiger partial charge in [-0.25, -0.2) is 0 Å². The molecule has 2 aromatic carbocycles. The van der Waals surface area contributed by atoms with Crippen molar-refractivity contribution in [1.29, 1.82) is 0 Å². The number of nitrogens with one attached hydrogen (secondary N) is 1. The molecule has 31 heavy (non-hydrogen) atoms. The van der Waals surface area contributed by atoms with Crippen LogP contribution in [-0.4, -0.2) is 34.6 Å². The number of benzene rings is 2. The lowest BCUT2D eigenvalue weighted by molar-refractivity contribution is -0.139. The molecule has 166 valence electrons. The van der Waals surface area contributed by atoms with Gasteiger partial charge in [0.1, 0.15) is 6.04 Å². The molecule has 0 radical (unpaired) electrons. The van der Waals surface area contributed by atoms with Crippen molar-refractivity contribution in [2.75, 3.05) is 5.75 Å². The smallest absolute Gasteiger partial charge is 0.242 e. The molecule has 1 N–H and O–H groups in total. The molecule has 0 spiro atoms. The van der Waals surface area contributed by atoms with E-state index in [4.69, 9.17) is 11.6 Å². The molecule has 1 aliphatic rings. The van der Waals surface area contributed by atoms with Crippen LogP contribution in [0.25, 0.3) is 0 Å². The average molecular weight is 524 g/mol. The zero-order valence-corrected chi connectivity index (χ0v) is 20.8. The standard InChI is InChI=1S/C24H28BrClN2O2S/c1-17(24(30)27-21-5-3-2-4-6-21)28(15-18-7-9-19(25)10-8-18)23(29)16-31-22-13-11-20(26)12-14-22/h7-14,17,21H,2-6,15-16H2,1H3,(H,27,30). The van der Waals surface area contributed by atoms with Crippen LogP contribution in [0.15, 0.2) is 57.9 Å². The molecule has 1 saturated carbocycles. The van der Waals surface area contributed by atoms with Crippen molar-refractivity contribution >= 4 is 51.1 Å². The van der Waals surface area contributed by atoms with E-state index < -0.39 is 6.04 Å². The summed E-state index contributed by atoms with van der Waals surface area (Å²) in [5.74, 6) is 0.127. The number of amides is 2. The van der Waals surface area contributed by atoms with Gasteiger partial charge in [-0.1, -0.05) is 58.9 Å². The van der Waals surface area contributed by atoms with Crippen molar-refractivity contribution in [3.8, 4) is 0 Å². The molecule has 3 rings (SSSR count). The Morgan fingerprint density at radius 2 is 1.74 bits per heavy atom. The van der Waals surface area contributed by atoms with Crippen molar-refractivity contribution in [3.63, 3.8) is 0 Å². The number of carbonyl (C=O) groups excluding carboxylic acids is 2. The molecule has 0 heterocycles. The van der Waals surface area contributed by atoms with Crippen LogP contribution in [0.4, 0.5) is 0 Å². The Morgan fingerprint density at radius 1 is 1.10 bits per heavy atom. The Balaban J connectivity index is 1.69. The summed E-state index contributed by atoms with van der Waals surface area (Å²) >= 11 is 10.9. The molecule has 2 aromatic rings. The van der Waals surface area contributed by atoms with Gasteiger partial charge in [0.15, 0.2) is 0 Å². The zero-order chi connectivity index (χ0) is 22.2. The topological polar surface area (TPSA) is 49.4 Å². The Kier molecular flexibility index (Phi) is 9.30. The fraction of sp³-hybridized carbons (Fsp3) is 0.417. The number of thioether (sulfide) groups is 1. The molecule has 1 atom stereocenters. The van der Waals surface area contributed by atoms with E-state index in [1.807, 2.05) is 55.5 Å². The number of rotatable bonds is 8. The van der Waals surface area contributed by atoms with Crippen LogP contribution in [0.5, 0.6) is 0 Å². The van der Waals surface area contributed by atoms with Crippen molar-refractivity contribution in [1.82, 2.24) is 10.2 Å². The van der Waals surface area contributed by atoms with Crippen LogP contribution in [0, 0.1) is 0 Å². The average Bonchev–Trinajstić information content (AvgIpc) is 2.78. The summed E-state index contributed by atoms with van der Waals surface area (Å²) in [7, 11) is 0. The second kappa shape index (κ2) is 11.9. The molecule has 1 aliphatic carbocycles. The van der Waals surface area contributed by atoms with Crippen LogP contribution >= 0.6 is 39.3 Å². The molecule has 1 fully saturated rings. The molecular weight excluding hydrogens is 496 g/mol. The van der Waals surface area contributed by atoms with E-state index in [0.29, 0.717) is 11.6 Å². The van der Waals surface area contributed by atoms with Crippen molar-refractivity contribution in [3.05, 3.63) is 63.6 Å². The third-order valence-electron chi connectivity index (χ3n) is 5.56. The first-order chi connectivity index (χ1) is 14.9. The summed E-state index contributed by atoms with van der Waals surface area (Å²) in [4.78, 5) is 28.8. The predicted molar refractivity (Wildman–Crippen MR) is 131 cm³/mol. The van der Waals surface area contributed by atoms with Crippen LogP contribution in [0.1, 0.15) is 44.6 Å². The SMILES string of the molecule is CC(C(=O)NC1CCCCC1)N(Cc1ccc(Br)cc1)C(=O)CSc1ccc(Cl)cc1. The predicted octanol–water partition coefficient (Wildman–Crippen LogP) is 6.06. The summed E-state index contributed by atoms with van der Waals surface area (Å²) in [6, 6.07) is 15.0. The van der Waals surface area contributed by atoms with E-state index in [9.17, 15) is 9.59 Å². The fourth-order valence-electron chi connectivity index (χ4n) is 3.70. The van der Waals surface area contributed by atoms with E-state index in [-0.39, 0.29) is 23.6 Å². The molecule has 0 saturated heterocycles. The van der Waals surface area contributed by atoms with Crippen LogP contribution < -0.4 is 5.32 Å². The van der Waals surface area contributed by atoms with E-state index in [0.717, 1.165) is 40.6 Å². The second-order valence-electron chi connectivity index (χ2n) is 7.91. The number of hydrogen-bond acceptors (Lipinski definition) is 3. The highest BCUT2D eigenvalue weighted by atomic mass is 79.9. The molecule has 1 unspecified atom stereocenters. The number of hydrogen-bond donors (Lipinski definition) is 1. The summed E-state index contributed by atoms with van der Waals surface area (Å²) in [6.07, 6.45) is 5.58. The van der Waals surface area contributed by atoms with E-state index >= 15 is 0 Å². The van der Waals surface area contributed by atoms with Gasteiger partial charge in [-0.2, -0.15) is 0 Å². The zero-order valence-electron chi connectivity index (χ0n) is 17.7. The highest BCUT2D eigenvalue weighted by Gasteiger charge is 2.28. The van der Waals surface area contributed by atoms with Gasteiger partial charge in [0.25, 0.3) is 0 Å². The monoisotopic (exact) mass is 522 g/mol. The molecule has 0 bridgehead atoms. The minimum Gasteiger partial charge on any atom is -0.352 e. The maximum atomic E-state index is 13.2. The minimum absolute atomic E-state index is 0.0610. The Bertz CT molecular complexity index is 870. The number of nitrogens with zero attached hydrogens (tertiary/aromatic N) is 1. The number of carbonyl (C=O) groups is 2. The first-order valence-corrected chi connectivity index (χ1v) is 12.8. The third kappa shape index (κ3) is 7.55. The molecular formula is C24H28BrClN2O2S. The van der Waals surface area contributed by atoms with E-state index in [2.05, 4.69) is 21.2 Å². The van der Waals surface area contributed by atoms with Gasteiger partial charge < -0.3 is 10.2 Å². The third-order valence-corrected chi connectivity index (χ3v) is 7.34. The van der Waals surface area contributed by atoms with Gasteiger partial charge in [0, 0.05) is 27.0 Å². The van der Waals surface area contributed by atoms with Crippen molar-refractivity contribution in [2.45, 2.75) is 62.6 Å². The van der Waals surface area contributed by atoms with Gasteiger partial charge in [-0.3, -0.25) is 9.59 Å². The van der Waals surface area contributed by atoms with Gasteiger partial charge in [-0.15, -0.1) is 11.8 Å². The lowest BCUT2D eigenvalue weighted by Gasteiger charge is -2.31.